The van der Waals surface area contributed by atoms with E-state index in [9.17, 15) is 9.90 Å². The molecule has 0 aliphatic heterocycles. The van der Waals surface area contributed by atoms with Crippen LogP contribution in [0, 0.1) is 3.57 Å². The average Bonchev–Trinajstić information content (AvgIpc) is 2.79. The van der Waals surface area contributed by atoms with E-state index in [0.717, 1.165) is 22.8 Å². The number of carbonyl (C=O) groups excluding carboxylic acids is 1. The summed E-state index contributed by atoms with van der Waals surface area (Å²) in [5, 5.41) is 12.6. The van der Waals surface area contributed by atoms with E-state index in [4.69, 9.17) is 4.74 Å². The minimum Gasteiger partial charge on any atom is -0.507 e. The third-order valence-electron chi connectivity index (χ3n) is 3.28. The molecule has 2 unspecified atom stereocenters. The maximum absolute atomic E-state index is 12.0. The minimum absolute atomic E-state index is 0.0731. The number of rotatable bonds is 3. The van der Waals surface area contributed by atoms with Crippen LogP contribution in [0.5, 0.6) is 5.75 Å². The number of carbonyl (C=O) groups is 1. The highest BCUT2D eigenvalue weighted by atomic mass is 127. The summed E-state index contributed by atoms with van der Waals surface area (Å²) in [7, 11) is 1.67. The van der Waals surface area contributed by atoms with E-state index in [2.05, 4.69) is 5.32 Å². The first-order valence-corrected chi connectivity index (χ1v) is 7.02. The molecular formula is C13H16INO3. The highest BCUT2D eigenvalue weighted by Gasteiger charge is 2.28. The summed E-state index contributed by atoms with van der Waals surface area (Å²) >= 11 is 2.02. The summed E-state index contributed by atoms with van der Waals surface area (Å²) in [6, 6.07) is 5.01. The predicted octanol–water partition coefficient (Wildman–Crippen LogP) is 2.29. The van der Waals surface area contributed by atoms with Gasteiger partial charge in [0, 0.05) is 12.7 Å². The Bertz CT molecular complexity index is 450. The second-order valence-electron chi connectivity index (χ2n) is 4.45. The Kier molecular flexibility index (Phi) is 4.45. The molecule has 0 bridgehead atoms. The topological polar surface area (TPSA) is 58.6 Å². The summed E-state index contributed by atoms with van der Waals surface area (Å²) in [6.07, 6.45) is 3.10. The van der Waals surface area contributed by atoms with Gasteiger partial charge in [-0.15, -0.1) is 0 Å². The molecule has 1 aromatic carbocycles. The van der Waals surface area contributed by atoms with Gasteiger partial charge in [0.15, 0.2) is 0 Å². The predicted molar refractivity (Wildman–Crippen MR) is 76.7 cm³/mol. The third kappa shape index (κ3) is 2.95. The first-order valence-electron chi connectivity index (χ1n) is 5.94. The molecule has 2 atom stereocenters. The Balaban J connectivity index is 2.05. The van der Waals surface area contributed by atoms with Gasteiger partial charge in [0.25, 0.3) is 5.91 Å². The molecule has 0 aromatic heterocycles. The fourth-order valence-corrected chi connectivity index (χ4v) is 2.61. The lowest BCUT2D eigenvalue weighted by Gasteiger charge is -2.19. The van der Waals surface area contributed by atoms with Crippen LogP contribution >= 0.6 is 22.6 Å². The summed E-state index contributed by atoms with van der Waals surface area (Å²) in [4.78, 5) is 12.0. The Morgan fingerprint density at radius 3 is 2.94 bits per heavy atom. The maximum Gasteiger partial charge on any atom is 0.251 e. The largest absolute Gasteiger partial charge is 0.507 e. The van der Waals surface area contributed by atoms with Gasteiger partial charge in [-0.25, -0.2) is 0 Å². The zero-order valence-corrected chi connectivity index (χ0v) is 12.3. The fraction of sp³-hybridized carbons (Fsp3) is 0.462. The molecule has 0 saturated heterocycles. The lowest BCUT2D eigenvalue weighted by molar-refractivity contribution is 0.0722. The zero-order chi connectivity index (χ0) is 13.1. The lowest BCUT2D eigenvalue weighted by atomic mass is 10.1. The number of hydrogen-bond donors (Lipinski definition) is 2. The monoisotopic (exact) mass is 361 g/mol. The van der Waals surface area contributed by atoms with E-state index in [1.54, 1.807) is 19.2 Å². The van der Waals surface area contributed by atoms with Crippen LogP contribution in [0.25, 0.3) is 0 Å². The van der Waals surface area contributed by atoms with Crippen LogP contribution in [0.1, 0.15) is 29.6 Å². The summed E-state index contributed by atoms with van der Waals surface area (Å²) in [6.45, 7) is 0. The van der Waals surface area contributed by atoms with Gasteiger partial charge >= 0.3 is 0 Å². The van der Waals surface area contributed by atoms with E-state index in [1.807, 2.05) is 22.6 Å². The molecule has 98 valence electrons. The fourth-order valence-electron chi connectivity index (χ4n) is 2.28. The van der Waals surface area contributed by atoms with Gasteiger partial charge in [-0.3, -0.25) is 4.79 Å². The molecule has 1 aromatic rings. The van der Waals surface area contributed by atoms with Gasteiger partial charge in [0.2, 0.25) is 0 Å². The molecule has 4 nitrogen and oxygen atoms in total. The van der Waals surface area contributed by atoms with Crippen molar-refractivity contribution in [1.82, 2.24) is 5.32 Å². The number of amides is 1. The smallest absolute Gasteiger partial charge is 0.251 e. The number of nitrogens with one attached hydrogen (secondary N) is 1. The van der Waals surface area contributed by atoms with Crippen molar-refractivity contribution in [2.24, 2.45) is 0 Å². The third-order valence-corrected chi connectivity index (χ3v) is 4.19. The zero-order valence-electron chi connectivity index (χ0n) is 10.1. The van der Waals surface area contributed by atoms with Crippen molar-refractivity contribution in [2.45, 2.75) is 31.4 Å². The molecule has 1 fully saturated rings. The van der Waals surface area contributed by atoms with Gasteiger partial charge in [-0.1, -0.05) is 0 Å². The number of benzene rings is 1. The second kappa shape index (κ2) is 5.88. The second-order valence-corrected chi connectivity index (χ2v) is 5.61. The molecule has 1 amide bonds. The van der Waals surface area contributed by atoms with E-state index in [0.29, 0.717) is 5.56 Å². The van der Waals surface area contributed by atoms with E-state index >= 15 is 0 Å². The molecule has 2 rings (SSSR count). The number of aromatic hydroxyl groups is 1. The van der Waals surface area contributed by atoms with Gasteiger partial charge in [-0.2, -0.15) is 0 Å². The number of phenols is 1. The molecule has 1 aliphatic carbocycles. The molecule has 1 saturated carbocycles. The summed E-state index contributed by atoms with van der Waals surface area (Å²) in [5.41, 5.74) is 0.481. The molecule has 1 aliphatic rings. The molecular weight excluding hydrogens is 345 g/mol. The van der Waals surface area contributed by atoms with Crippen molar-refractivity contribution in [3.63, 3.8) is 0 Å². The van der Waals surface area contributed by atoms with Crippen molar-refractivity contribution in [2.75, 3.05) is 7.11 Å². The van der Waals surface area contributed by atoms with Crippen molar-refractivity contribution in [3.8, 4) is 5.75 Å². The van der Waals surface area contributed by atoms with Gasteiger partial charge < -0.3 is 15.2 Å². The van der Waals surface area contributed by atoms with Crippen LogP contribution in [0.15, 0.2) is 18.2 Å². The number of halogens is 1. The SMILES string of the molecule is COC1CCCC1NC(=O)c1ccc(I)c(O)c1. The Labute approximate surface area is 120 Å². The Morgan fingerprint density at radius 2 is 2.28 bits per heavy atom. The maximum atomic E-state index is 12.0. The summed E-state index contributed by atoms with van der Waals surface area (Å²) < 4.78 is 6.07. The standard InChI is InChI=1S/C13H16INO3/c1-18-12-4-2-3-10(12)15-13(17)8-5-6-9(14)11(16)7-8/h5-7,10,12,16H,2-4H2,1H3,(H,15,17). The molecule has 5 heteroatoms. The quantitative estimate of drug-likeness (QED) is 0.813. The number of hydrogen-bond acceptors (Lipinski definition) is 3. The minimum atomic E-state index is -0.157. The number of methoxy groups -OCH3 is 1. The van der Waals surface area contributed by atoms with Crippen LogP contribution in [-0.2, 0) is 4.74 Å². The normalized spacial score (nSPS) is 23.0. The highest BCUT2D eigenvalue weighted by molar-refractivity contribution is 14.1. The first-order chi connectivity index (χ1) is 8.61. The molecule has 0 heterocycles. The van der Waals surface area contributed by atoms with E-state index in [1.165, 1.54) is 6.07 Å². The van der Waals surface area contributed by atoms with Crippen LogP contribution in [0.3, 0.4) is 0 Å². The number of ether oxygens (including phenoxy) is 1. The lowest BCUT2D eigenvalue weighted by Crippen LogP contribution is -2.40. The van der Waals surface area contributed by atoms with Crippen molar-refractivity contribution in [3.05, 3.63) is 27.3 Å². The molecule has 2 N–H and O–H groups in total. The van der Waals surface area contributed by atoms with Crippen LogP contribution in [0.2, 0.25) is 0 Å². The van der Waals surface area contributed by atoms with E-state index in [-0.39, 0.29) is 23.8 Å². The summed E-state index contributed by atoms with van der Waals surface area (Å²) in [5.74, 6) is -0.0198. The Morgan fingerprint density at radius 1 is 1.50 bits per heavy atom. The highest BCUT2D eigenvalue weighted by Crippen LogP contribution is 2.23. The van der Waals surface area contributed by atoms with Crippen LogP contribution in [-0.4, -0.2) is 30.3 Å². The van der Waals surface area contributed by atoms with Crippen molar-refractivity contribution in [1.29, 1.82) is 0 Å². The van der Waals surface area contributed by atoms with Gasteiger partial charge in [0.05, 0.1) is 15.7 Å². The van der Waals surface area contributed by atoms with Crippen molar-refractivity contribution < 1.29 is 14.6 Å². The first kappa shape index (κ1) is 13.6. The average molecular weight is 361 g/mol. The molecule has 18 heavy (non-hydrogen) atoms. The van der Waals surface area contributed by atoms with Crippen LogP contribution < -0.4 is 5.32 Å². The van der Waals surface area contributed by atoms with Gasteiger partial charge in [-0.05, 0) is 60.1 Å². The number of phenolic OH excluding ortho intramolecular Hbond substituents is 1. The van der Waals surface area contributed by atoms with Gasteiger partial charge in [0.1, 0.15) is 5.75 Å². The Hall–Kier alpha value is -0.820. The molecule has 0 radical (unpaired) electrons. The van der Waals surface area contributed by atoms with E-state index < -0.39 is 0 Å². The van der Waals surface area contributed by atoms with Crippen molar-refractivity contribution >= 4 is 28.5 Å². The van der Waals surface area contributed by atoms with Crippen LogP contribution in [0.4, 0.5) is 0 Å². The molecule has 0 spiro atoms.